The van der Waals surface area contributed by atoms with Crippen LogP contribution in [0.25, 0.3) is 0 Å². The first-order valence-electron chi connectivity index (χ1n) is 9.94. The summed E-state index contributed by atoms with van der Waals surface area (Å²) in [5.41, 5.74) is 1.79. The zero-order valence-electron chi connectivity index (χ0n) is 17.2. The molecule has 0 heterocycles. The number of guanidine groups is 1. The molecule has 4 N–H and O–H groups in total. The van der Waals surface area contributed by atoms with E-state index in [2.05, 4.69) is 29.8 Å². The van der Waals surface area contributed by atoms with E-state index in [1.807, 2.05) is 31.2 Å². The van der Waals surface area contributed by atoms with E-state index in [1.165, 1.54) is 0 Å². The van der Waals surface area contributed by atoms with Crippen molar-refractivity contribution in [3.05, 3.63) is 35.4 Å². The zero-order chi connectivity index (χ0) is 20.1. The summed E-state index contributed by atoms with van der Waals surface area (Å²) in [5.74, 6) is 1.72. The summed E-state index contributed by atoms with van der Waals surface area (Å²) >= 11 is 0. The van der Waals surface area contributed by atoms with E-state index in [-0.39, 0.29) is 12.5 Å². The van der Waals surface area contributed by atoms with Crippen LogP contribution in [0, 0.1) is 11.8 Å². The smallest absolute Gasteiger partial charge is 0.251 e. The van der Waals surface area contributed by atoms with E-state index < -0.39 is 0 Å². The number of hydrogen-bond acceptors (Lipinski definition) is 3. The Balaban J connectivity index is 2.60. The van der Waals surface area contributed by atoms with Crippen LogP contribution < -0.4 is 16.0 Å². The third kappa shape index (κ3) is 9.43. The quantitative estimate of drug-likeness (QED) is 0.352. The van der Waals surface area contributed by atoms with Crippen LogP contribution in [0.15, 0.2) is 29.3 Å². The number of hydrogen-bond donors (Lipinski definition) is 4. The van der Waals surface area contributed by atoms with Gasteiger partial charge in [-0.05, 0) is 55.7 Å². The fourth-order valence-electron chi connectivity index (χ4n) is 3.03. The SMILES string of the molecule is CCNC(=NCC(CCO)CC(C)C)NCCc1cccc(C(=O)NC)c1. The minimum Gasteiger partial charge on any atom is -0.396 e. The normalized spacial score (nSPS) is 12.7. The van der Waals surface area contributed by atoms with Crippen molar-refractivity contribution in [3.8, 4) is 0 Å². The lowest BCUT2D eigenvalue weighted by molar-refractivity contribution is 0.0963. The molecule has 0 aliphatic heterocycles. The number of rotatable bonds is 11. The number of aliphatic imine (C=N–C) groups is 1. The maximum Gasteiger partial charge on any atom is 0.251 e. The molecule has 0 aliphatic rings. The first-order valence-corrected chi connectivity index (χ1v) is 9.94. The molecule has 0 spiro atoms. The highest BCUT2D eigenvalue weighted by atomic mass is 16.3. The van der Waals surface area contributed by atoms with E-state index in [0.717, 1.165) is 43.9 Å². The van der Waals surface area contributed by atoms with E-state index >= 15 is 0 Å². The van der Waals surface area contributed by atoms with Gasteiger partial charge in [0.1, 0.15) is 0 Å². The first-order chi connectivity index (χ1) is 13.0. The maximum atomic E-state index is 11.7. The standard InChI is InChI=1S/C21H36N4O2/c1-5-23-21(25-15-18(10-12-26)13-16(2)3)24-11-9-17-7-6-8-19(14-17)20(27)22-4/h6-8,14,16,18,26H,5,9-13,15H2,1-4H3,(H,22,27)(H2,23,24,25). The van der Waals surface area contributed by atoms with Crippen molar-refractivity contribution < 1.29 is 9.90 Å². The van der Waals surface area contributed by atoms with Gasteiger partial charge in [0.15, 0.2) is 5.96 Å². The van der Waals surface area contributed by atoms with Crippen molar-refractivity contribution in [2.75, 3.05) is 33.3 Å². The second-order valence-electron chi connectivity index (χ2n) is 7.18. The van der Waals surface area contributed by atoms with Crippen LogP contribution in [0.1, 0.15) is 49.5 Å². The molecular formula is C21H36N4O2. The van der Waals surface area contributed by atoms with Crippen molar-refractivity contribution in [2.45, 2.75) is 40.0 Å². The molecule has 0 saturated heterocycles. The highest BCUT2D eigenvalue weighted by molar-refractivity contribution is 5.94. The van der Waals surface area contributed by atoms with Gasteiger partial charge in [-0.15, -0.1) is 0 Å². The summed E-state index contributed by atoms with van der Waals surface area (Å²) in [7, 11) is 1.64. The van der Waals surface area contributed by atoms with E-state index in [0.29, 0.717) is 23.9 Å². The lowest BCUT2D eigenvalue weighted by Crippen LogP contribution is -2.38. The molecule has 0 fully saturated rings. The molecule has 1 atom stereocenters. The largest absolute Gasteiger partial charge is 0.396 e. The molecule has 1 amide bonds. The second kappa shape index (κ2) is 13.1. The molecule has 0 aromatic heterocycles. The topological polar surface area (TPSA) is 85.8 Å². The molecule has 0 saturated carbocycles. The first kappa shape index (κ1) is 23.0. The predicted octanol–water partition coefficient (Wildman–Crippen LogP) is 2.19. The van der Waals surface area contributed by atoms with Crippen LogP contribution in [0.4, 0.5) is 0 Å². The Morgan fingerprint density at radius 2 is 2.04 bits per heavy atom. The number of benzene rings is 1. The molecule has 1 aromatic carbocycles. The van der Waals surface area contributed by atoms with Gasteiger partial charge in [0.2, 0.25) is 0 Å². The Morgan fingerprint density at radius 1 is 1.26 bits per heavy atom. The van der Waals surface area contributed by atoms with Gasteiger partial charge < -0.3 is 21.1 Å². The van der Waals surface area contributed by atoms with Crippen molar-refractivity contribution in [1.29, 1.82) is 0 Å². The van der Waals surface area contributed by atoms with Crippen LogP contribution in [0.3, 0.4) is 0 Å². The summed E-state index contributed by atoms with van der Waals surface area (Å²) in [6, 6.07) is 7.67. The minimum absolute atomic E-state index is 0.0696. The van der Waals surface area contributed by atoms with Gasteiger partial charge in [-0.2, -0.15) is 0 Å². The van der Waals surface area contributed by atoms with E-state index in [1.54, 1.807) is 7.05 Å². The van der Waals surface area contributed by atoms with Crippen molar-refractivity contribution in [1.82, 2.24) is 16.0 Å². The Hall–Kier alpha value is -2.08. The Morgan fingerprint density at radius 3 is 2.67 bits per heavy atom. The molecule has 0 aliphatic carbocycles. The van der Waals surface area contributed by atoms with Gasteiger partial charge in [-0.3, -0.25) is 9.79 Å². The highest BCUT2D eigenvalue weighted by Crippen LogP contribution is 2.15. The van der Waals surface area contributed by atoms with Crippen LogP contribution in [0.2, 0.25) is 0 Å². The highest BCUT2D eigenvalue weighted by Gasteiger charge is 2.11. The van der Waals surface area contributed by atoms with Crippen molar-refractivity contribution >= 4 is 11.9 Å². The average molecular weight is 377 g/mol. The summed E-state index contributed by atoms with van der Waals surface area (Å²) in [4.78, 5) is 16.4. The third-order valence-electron chi connectivity index (χ3n) is 4.32. The molecule has 1 aromatic rings. The monoisotopic (exact) mass is 376 g/mol. The molecule has 0 bridgehead atoms. The molecule has 0 radical (unpaired) electrons. The third-order valence-corrected chi connectivity index (χ3v) is 4.32. The number of aliphatic hydroxyl groups excluding tert-OH is 1. The number of nitrogens with one attached hydrogen (secondary N) is 3. The lowest BCUT2D eigenvalue weighted by Gasteiger charge is -2.17. The fourth-order valence-corrected chi connectivity index (χ4v) is 3.03. The molecule has 152 valence electrons. The van der Waals surface area contributed by atoms with Gasteiger partial charge in [-0.25, -0.2) is 0 Å². The summed E-state index contributed by atoms with van der Waals surface area (Å²) in [5, 5.41) is 18.5. The summed E-state index contributed by atoms with van der Waals surface area (Å²) in [6.45, 7) is 8.89. The zero-order valence-corrected chi connectivity index (χ0v) is 17.2. The van der Waals surface area contributed by atoms with Crippen LogP contribution in [-0.2, 0) is 6.42 Å². The van der Waals surface area contributed by atoms with Crippen LogP contribution in [0.5, 0.6) is 0 Å². The second-order valence-corrected chi connectivity index (χ2v) is 7.18. The molecule has 27 heavy (non-hydrogen) atoms. The molecule has 1 unspecified atom stereocenters. The maximum absolute atomic E-state index is 11.7. The van der Waals surface area contributed by atoms with E-state index in [9.17, 15) is 9.90 Å². The molecule has 1 rings (SSSR count). The van der Waals surface area contributed by atoms with Gasteiger partial charge >= 0.3 is 0 Å². The van der Waals surface area contributed by atoms with Crippen LogP contribution >= 0.6 is 0 Å². The van der Waals surface area contributed by atoms with Gasteiger partial charge in [0, 0.05) is 38.9 Å². The Kier molecular flexibility index (Phi) is 11.2. The number of nitrogens with zero attached hydrogens (tertiary/aromatic N) is 1. The Bertz CT molecular complexity index is 587. The van der Waals surface area contributed by atoms with Gasteiger partial charge in [0.05, 0.1) is 0 Å². The van der Waals surface area contributed by atoms with Gasteiger partial charge in [-0.1, -0.05) is 26.0 Å². The number of aliphatic hydroxyl groups is 1. The number of carbonyl (C=O) groups excluding carboxylic acids is 1. The summed E-state index contributed by atoms with van der Waals surface area (Å²) < 4.78 is 0. The number of amides is 1. The lowest BCUT2D eigenvalue weighted by atomic mass is 9.94. The molecular weight excluding hydrogens is 340 g/mol. The van der Waals surface area contributed by atoms with Crippen molar-refractivity contribution in [2.24, 2.45) is 16.8 Å². The van der Waals surface area contributed by atoms with Crippen molar-refractivity contribution in [3.63, 3.8) is 0 Å². The molecule has 6 heteroatoms. The number of carbonyl (C=O) groups is 1. The average Bonchev–Trinajstić information content (AvgIpc) is 2.65. The van der Waals surface area contributed by atoms with E-state index in [4.69, 9.17) is 4.99 Å². The minimum atomic E-state index is -0.0696. The molecule has 6 nitrogen and oxygen atoms in total. The fraction of sp³-hybridized carbons (Fsp3) is 0.619. The van der Waals surface area contributed by atoms with Gasteiger partial charge in [0.25, 0.3) is 5.91 Å². The van der Waals surface area contributed by atoms with Crippen LogP contribution in [-0.4, -0.2) is 50.3 Å². The Labute approximate surface area is 163 Å². The summed E-state index contributed by atoms with van der Waals surface area (Å²) in [6.07, 6.45) is 2.66. The predicted molar refractivity (Wildman–Crippen MR) is 112 cm³/mol.